The SMILES string of the molecule is COc1cc(C(=O)N(CN)c2ccc3c(cnn3C3CCCCO3)c2Cl)ccc1OCC(=O)OC(C)(C)C. The molecule has 1 aromatic heterocycles. The number of halogens is 1. The van der Waals surface area contributed by atoms with E-state index in [1.165, 1.54) is 18.1 Å². The van der Waals surface area contributed by atoms with Crippen LogP contribution in [-0.4, -0.2) is 54.3 Å². The van der Waals surface area contributed by atoms with Crippen LogP contribution in [0.3, 0.4) is 0 Å². The standard InChI is InChI=1S/C27H33ClN4O6/c1-27(2,3)38-24(33)15-37-21-11-8-17(13-22(21)35-4)26(34)31(16-29)20-10-9-19-18(25(20)28)14-30-32(19)23-7-5-6-12-36-23/h8-11,13-14,23H,5-7,12,15-16,29H2,1-4H3. The van der Waals surface area contributed by atoms with Crippen LogP contribution >= 0.6 is 11.6 Å². The van der Waals surface area contributed by atoms with Crippen LogP contribution in [0, 0.1) is 0 Å². The van der Waals surface area contributed by atoms with Crippen molar-refractivity contribution in [3.05, 3.63) is 47.1 Å². The highest BCUT2D eigenvalue weighted by atomic mass is 35.5. The summed E-state index contributed by atoms with van der Waals surface area (Å²) in [5.74, 6) is -0.316. The average Bonchev–Trinajstić information content (AvgIpc) is 3.33. The molecule has 0 bridgehead atoms. The molecule has 0 spiro atoms. The molecule has 38 heavy (non-hydrogen) atoms. The molecule has 11 heteroatoms. The van der Waals surface area contributed by atoms with E-state index >= 15 is 0 Å². The van der Waals surface area contributed by atoms with Crippen molar-refractivity contribution < 1.29 is 28.5 Å². The number of anilines is 1. The maximum Gasteiger partial charge on any atom is 0.344 e. The van der Waals surface area contributed by atoms with E-state index in [-0.39, 0.29) is 31.2 Å². The summed E-state index contributed by atoms with van der Waals surface area (Å²) in [6.07, 6.45) is 4.53. The lowest BCUT2D eigenvalue weighted by atomic mass is 10.1. The van der Waals surface area contributed by atoms with Crippen molar-refractivity contribution in [3.63, 3.8) is 0 Å². The summed E-state index contributed by atoms with van der Waals surface area (Å²) in [6.45, 7) is 5.61. The molecule has 1 atom stereocenters. The molecule has 4 rings (SSSR count). The molecule has 10 nitrogen and oxygen atoms in total. The number of carbonyl (C=O) groups excluding carboxylic acids is 2. The molecule has 2 heterocycles. The fourth-order valence-corrected chi connectivity index (χ4v) is 4.62. The van der Waals surface area contributed by atoms with Crippen molar-refractivity contribution in [3.8, 4) is 11.5 Å². The number of fused-ring (bicyclic) bond motifs is 1. The first kappa shape index (κ1) is 27.7. The highest BCUT2D eigenvalue weighted by Gasteiger charge is 2.25. The predicted molar refractivity (Wildman–Crippen MR) is 144 cm³/mol. The van der Waals surface area contributed by atoms with Crippen LogP contribution in [0.5, 0.6) is 11.5 Å². The van der Waals surface area contributed by atoms with Crippen LogP contribution in [0.4, 0.5) is 5.69 Å². The van der Waals surface area contributed by atoms with Gasteiger partial charge in [-0.1, -0.05) is 11.6 Å². The number of rotatable bonds is 8. The molecular weight excluding hydrogens is 512 g/mol. The largest absolute Gasteiger partial charge is 0.493 e. The lowest BCUT2D eigenvalue weighted by molar-refractivity contribution is -0.157. The lowest BCUT2D eigenvalue weighted by Crippen LogP contribution is -2.36. The lowest BCUT2D eigenvalue weighted by Gasteiger charge is -2.25. The third-order valence-electron chi connectivity index (χ3n) is 6.02. The maximum atomic E-state index is 13.5. The molecule has 0 radical (unpaired) electrons. The number of methoxy groups -OCH3 is 1. The van der Waals surface area contributed by atoms with E-state index in [0.29, 0.717) is 34.0 Å². The minimum atomic E-state index is -0.626. The number of amides is 1. The Bertz CT molecular complexity index is 1310. The smallest absolute Gasteiger partial charge is 0.344 e. The van der Waals surface area contributed by atoms with Crippen LogP contribution in [0.2, 0.25) is 5.02 Å². The monoisotopic (exact) mass is 544 g/mol. The van der Waals surface area contributed by atoms with Crippen LogP contribution in [0.25, 0.3) is 10.9 Å². The van der Waals surface area contributed by atoms with Crippen molar-refractivity contribution in [2.75, 3.05) is 31.9 Å². The van der Waals surface area contributed by atoms with Crippen LogP contribution in [0.1, 0.15) is 56.6 Å². The molecule has 1 unspecified atom stereocenters. The van der Waals surface area contributed by atoms with Crippen molar-refractivity contribution in [1.29, 1.82) is 0 Å². The fourth-order valence-electron chi connectivity index (χ4n) is 4.30. The summed E-state index contributed by atoms with van der Waals surface area (Å²) in [5, 5.41) is 5.57. The van der Waals surface area contributed by atoms with Crippen molar-refractivity contribution in [2.45, 2.75) is 51.9 Å². The van der Waals surface area contributed by atoms with Gasteiger partial charge in [0.2, 0.25) is 0 Å². The zero-order valence-electron chi connectivity index (χ0n) is 22.0. The van der Waals surface area contributed by atoms with Crippen LogP contribution < -0.4 is 20.1 Å². The van der Waals surface area contributed by atoms with Gasteiger partial charge in [-0.15, -0.1) is 0 Å². The normalized spacial score (nSPS) is 15.8. The van der Waals surface area contributed by atoms with Gasteiger partial charge in [0, 0.05) is 17.6 Å². The molecule has 2 N–H and O–H groups in total. The number of nitrogens with two attached hydrogens (primary N) is 1. The zero-order valence-corrected chi connectivity index (χ0v) is 22.8. The van der Waals surface area contributed by atoms with E-state index in [0.717, 1.165) is 24.8 Å². The van der Waals surface area contributed by atoms with Gasteiger partial charge in [0.1, 0.15) is 5.60 Å². The molecule has 204 valence electrons. The second kappa shape index (κ2) is 11.6. The van der Waals surface area contributed by atoms with Gasteiger partial charge in [-0.25, -0.2) is 9.48 Å². The number of benzene rings is 2. The Morgan fingerprint density at radius 2 is 2.00 bits per heavy atom. The minimum Gasteiger partial charge on any atom is -0.493 e. The summed E-state index contributed by atoms with van der Waals surface area (Å²) in [7, 11) is 1.45. The van der Waals surface area contributed by atoms with Gasteiger partial charge in [0.15, 0.2) is 24.3 Å². The van der Waals surface area contributed by atoms with Gasteiger partial charge >= 0.3 is 5.97 Å². The Kier molecular flexibility index (Phi) is 8.44. The first-order valence-corrected chi connectivity index (χ1v) is 12.8. The molecule has 1 aliphatic rings. The van der Waals surface area contributed by atoms with Gasteiger partial charge in [-0.3, -0.25) is 9.69 Å². The third kappa shape index (κ3) is 6.03. The van der Waals surface area contributed by atoms with E-state index < -0.39 is 11.6 Å². The highest BCUT2D eigenvalue weighted by Crippen LogP contribution is 2.37. The number of hydrogen-bond donors (Lipinski definition) is 1. The zero-order chi connectivity index (χ0) is 27.4. The van der Waals surface area contributed by atoms with Crippen molar-refractivity contribution >= 4 is 40.1 Å². The molecule has 1 aliphatic heterocycles. The Morgan fingerprint density at radius 1 is 1.21 bits per heavy atom. The molecule has 1 saturated heterocycles. The number of nitrogens with zero attached hydrogens (tertiary/aromatic N) is 3. The first-order valence-electron chi connectivity index (χ1n) is 12.4. The van der Waals surface area contributed by atoms with Crippen LogP contribution in [0.15, 0.2) is 36.5 Å². The molecule has 1 fully saturated rings. The first-order chi connectivity index (χ1) is 18.1. The molecule has 0 saturated carbocycles. The topological polar surface area (TPSA) is 118 Å². The Labute approximate surface area is 226 Å². The minimum absolute atomic E-state index is 0.108. The molecule has 2 aromatic carbocycles. The Hall–Kier alpha value is -3.34. The number of carbonyl (C=O) groups is 2. The summed E-state index contributed by atoms with van der Waals surface area (Å²) >= 11 is 6.77. The van der Waals surface area contributed by atoms with E-state index in [1.54, 1.807) is 45.2 Å². The summed E-state index contributed by atoms with van der Waals surface area (Å²) in [6, 6.07) is 8.28. The number of aromatic nitrogens is 2. The highest BCUT2D eigenvalue weighted by molar-refractivity contribution is 6.38. The van der Waals surface area contributed by atoms with E-state index in [2.05, 4.69) is 5.10 Å². The van der Waals surface area contributed by atoms with Gasteiger partial charge in [-0.2, -0.15) is 5.10 Å². The van der Waals surface area contributed by atoms with Crippen molar-refractivity contribution in [2.24, 2.45) is 5.73 Å². The summed E-state index contributed by atoms with van der Waals surface area (Å²) in [5.41, 5.74) is 6.97. The quantitative estimate of drug-likeness (QED) is 0.321. The molecule has 3 aromatic rings. The van der Waals surface area contributed by atoms with Gasteiger partial charge < -0.3 is 24.7 Å². The second-order valence-corrected chi connectivity index (χ2v) is 10.3. The maximum absolute atomic E-state index is 13.5. The summed E-state index contributed by atoms with van der Waals surface area (Å²) < 4.78 is 23.9. The number of ether oxygens (including phenoxy) is 4. The van der Waals surface area contributed by atoms with Gasteiger partial charge in [-0.05, 0) is 70.4 Å². The van der Waals surface area contributed by atoms with Gasteiger partial charge in [0.05, 0.1) is 36.2 Å². The van der Waals surface area contributed by atoms with Crippen LogP contribution in [-0.2, 0) is 14.3 Å². The fraction of sp³-hybridized carbons (Fsp3) is 0.444. The van der Waals surface area contributed by atoms with E-state index in [9.17, 15) is 9.59 Å². The molecular formula is C27H33ClN4O6. The van der Waals surface area contributed by atoms with Crippen molar-refractivity contribution in [1.82, 2.24) is 9.78 Å². The average molecular weight is 545 g/mol. The predicted octanol–water partition coefficient (Wildman–Crippen LogP) is 4.68. The molecule has 0 aliphatic carbocycles. The Morgan fingerprint density at radius 3 is 2.66 bits per heavy atom. The van der Waals surface area contributed by atoms with E-state index in [4.69, 9.17) is 36.3 Å². The summed E-state index contributed by atoms with van der Waals surface area (Å²) in [4.78, 5) is 26.9. The third-order valence-corrected chi connectivity index (χ3v) is 6.41. The number of hydrogen-bond acceptors (Lipinski definition) is 8. The second-order valence-electron chi connectivity index (χ2n) is 9.90. The molecule has 1 amide bonds. The number of esters is 1. The van der Waals surface area contributed by atoms with Gasteiger partial charge in [0.25, 0.3) is 5.91 Å². The Balaban J connectivity index is 1.56. The van der Waals surface area contributed by atoms with E-state index in [1.807, 2.05) is 10.7 Å².